The molecule has 0 bridgehead atoms. The molecule has 1 fully saturated rings. The van der Waals surface area contributed by atoms with Gasteiger partial charge in [-0.2, -0.15) is 0 Å². The van der Waals surface area contributed by atoms with Gasteiger partial charge in [-0.3, -0.25) is 4.79 Å². The van der Waals surface area contributed by atoms with Crippen LogP contribution in [-0.4, -0.2) is 53.1 Å². The number of piperidine rings is 1. The maximum Gasteiger partial charge on any atom is 0.320 e. The quantitative estimate of drug-likeness (QED) is 0.759. The summed E-state index contributed by atoms with van der Waals surface area (Å²) in [5.41, 5.74) is 0. The fraction of sp³-hybridized carbons (Fsp3) is 0.692. The van der Waals surface area contributed by atoms with Gasteiger partial charge in [-0.15, -0.1) is 0 Å². The molecular weight excluding hydrogens is 232 g/mol. The molecule has 2 amide bonds. The van der Waals surface area contributed by atoms with Gasteiger partial charge >= 0.3 is 12.0 Å². The highest BCUT2D eigenvalue weighted by atomic mass is 16.4. The molecule has 0 radical (unpaired) electrons. The lowest BCUT2D eigenvalue weighted by Gasteiger charge is -2.35. The van der Waals surface area contributed by atoms with E-state index in [1.165, 1.54) is 0 Å². The number of hydrogen-bond donors (Lipinski definition) is 1. The molecule has 2 heterocycles. The first-order valence-corrected chi connectivity index (χ1v) is 6.57. The Morgan fingerprint density at radius 2 is 1.83 bits per heavy atom. The molecule has 1 N–H and O–H groups in total. The SMILES string of the molecule is O=C(O)CC1CCN(C(=O)N2CC=CCC2)CC1. The number of likely N-dealkylation sites (tertiary alicyclic amines) is 1. The van der Waals surface area contributed by atoms with Gasteiger partial charge < -0.3 is 14.9 Å². The molecule has 0 atom stereocenters. The minimum Gasteiger partial charge on any atom is -0.481 e. The Labute approximate surface area is 107 Å². The zero-order chi connectivity index (χ0) is 13.0. The van der Waals surface area contributed by atoms with Gasteiger partial charge in [0.15, 0.2) is 0 Å². The van der Waals surface area contributed by atoms with E-state index in [9.17, 15) is 9.59 Å². The second kappa shape index (κ2) is 5.89. The number of amides is 2. The number of hydrogen-bond acceptors (Lipinski definition) is 2. The average Bonchev–Trinajstić information content (AvgIpc) is 2.39. The molecule has 0 spiro atoms. The summed E-state index contributed by atoms with van der Waals surface area (Å²) in [6, 6.07) is 0.105. The minimum atomic E-state index is -0.735. The molecule has 0 unspecified atom stereocenters. The van der Waals surface area contributed by atoms with Crippen molar-refractivity contribution < 1.29 is 14.7 Å². The second-order valence-electron chi connectivity index (χ2n) is 5.02. The third-order valence-corrected chi connectivity index (χ3v) is 3.68. The Morgan fingerprint density at radius 3 is 2.39 bits per heavy atom. The van der Waals surface area contributed by atoms with Crippen molar-refractivity contribution in [2.24, 2.45) is 5.92 Å². The van der Waals surface area contributed by atoms with E-state index in [4.69, 9.17) is 5.11 Å². The summed E-state index contributed by atoms with van der Waals surface area (Å²) in [6.07, 6.45) is 6.90. The predicted molar refractivity (Wildman–Crippen MR) is 67.3 cm³/mol. The van der Waals surface area contributed by atoms with Crippen molar-refractivity contribution in [3.63, 3.8) is 0 Å². The van der Waals surface area contributed by atoms with Crippen LogP contribution in [0.3, 0.4) is 0 Å². The number of carbonyl (C=O) groups excluding carboxylic acids is 1. The van der Waals surface area contributed by atoms with Crippen LogP contribution in [0.25, 0.3) is 0 Å². The lowest BCUT2D eigenvalue weighted by Crippen LogP contribution is -2.47. The van der Waals surface area contributed by atoms with E-state index in [-0.39, 0.29) is 18.4 Å². The highest BCUT2D eigenvalue weighted by Gasteiger charge is 2.27. The van der Waals surface area contributed by atoms with Gasteiger partial charge in [-0.25, -0.2) is 4.79 Å². The summed E-state index contributed by atoms with van der Waals surface area (Å²) in [4.78, 5) is 26.5. The normalized spacial score (nSPS) is 21.1. The van der Waals surface area contributed by atoms with Crippen LogP contribution in [-0.2, 0) is 4.79 Å². The number of carboxylic acid groups (broad SMARTS) is 1. The van der Waals surface area contributed by atoms with E-state index in [1.54, 1.807) is 0 Å². The average molecular weight is 252 g/mol. The molecule has 18 heavy (non-hydrogen) atoms. The standard InChI is InChI=1S/C13H20N2O3/c16-12(17)10-11-4-8-15(9-5-11)13(18)14-6-2-1-3-7-14/h1-2,11H,3-10H2,(H,16,17). The molecule has 2 aliphatic heterocycles. The molecule has 1 saturated heterocycles. The van der Waals surface area contributed by atoms with Crippen molar-refractivity contribution in [1.82, 2.24) is 9.80 Å². The van der Waals surface area contributed by atoms with Gasteiger partial charge in [-0.1, -0.05) is 12.2 Å². The highest BCUT2D eigenvalue weighted by molar-refractivity contribution is 5.75. The summed E-state index contributed by atoms with van der Waals surface area (Å²) in [5, 5.41) is 8.75. The summed E-state index contributed by atoms with van der Waals surface area (Å²) in [5.74, 6) is -0.506. The number of rotatable bonds is 2. The maximum absolute atomic E-state index is 12.2. The van der Waals surface area contributed by atoms with Crippen molar-refractivity contribution in [3.05, 3.63) is 12.2 Å². The fourth-order valence-electron chi connectivity index (χ4n) is 2.59. The van der Waals surface area contributed by atoms with E-state index in [0.717, 1.165) is 25.8 Å². The number of urea groups is 1. The summed E-state index contributed by atoms with van der Waals surface area (Å²) < 4.78 is 0. The van der Waals surface area contributed by atoms with Crippen LogP contribution in [0.4, 0.5) is 4.79 Å². The Morgan fingerprint density at radius 1 is 1.11 bits per heavy atom. The van der Waals surface area contributed by atoms with Crippen molar-refractivity contribution in [2.75, 3.05) is 26.2 Å². The zero-order valence-corrected chi connectivity index (χ0v) is 10.5. The topological polar surface area (TPSA) is 60.9 Å². The van der Waals surface area contributed by atoms with E-state index in [2.05, 4.69) is 6.08 Å². The Hall–Kier alpha value is -1.52. The van der Waals surface area contributed by atoms with Gasteiger partial charge in [0.2, 0.25) is 0 Å². The Bertz CT molecular complexity index is 346. The largest absolute Gasteiger partial charge is 0.481 e. The van der Waals surface area contributed by atoms with E-state index in [1.807, 2.05) is 15.9 Å². The van der Waals surface area contributed by atoms with Crippen LogP contribution in [0.15, 0.2) is 12.2 Å². The number of nitrogens with zero attached hydrogens (tertiary/aromatic N) is 2. The molecule has 0 aromatic carbocycles. The summed E-state index contributed by atoms with van der Waals surface area (Å²) >= 11 is 0. The van der Waals surface area contributed by atoms with Crippen LogP contribution >= 0.6 is 0 Å². The monoisotopic (exact) mass is 252 g/mol. The molecule has 5 heteroatoms. The van der Waals surface area contributed by atoms with Crippen LogP contribution in [0.2, 0.25) is 0 Å². The van der Waals surface area contributed by atoms with Crippen LogP contribution in [0, 0.1) is 5.92 Å². The first-order chi connectivity index (χ1) is 8.66. The smallest absolute Gasteiger partial charge is 0.320 e. The second-order valence-corrected chi connectivity index (χ2v) is 5.02. The molecule has 0 aliphatic carbocycles. The third-order valence-electron chi connectivity index (χ3n) is 3.68. The predicted octanol–water partition coefficient (Wildman–Crippen LogP) is 1.56. The molecule has 100 valence electrons. The van der Waals surface area contributed by atoms with Gasteiger partial charge in [0, 0.05) is 32.6 Å². The first-order valence-electron chi connectivity index (χ1n) is 6.57. The molecule has 5 nitrogen and oxygen atoms in total. The molecule has 0 aromatic heterocycles. The zero-order valence-electron chi connectivity index (χ0n) is 10.5. The number of carboxylic acids is 1. The van der Waals surface area contributed by atoms with Crippen LogP contribution in [0.5, 0.6) is 0 Å². The van der Waals surface area contributed by atoms with Crippen LogP contribution < -0.4 is 0 Å². The van der Waals surface area contributed by atoms with E-state index >= 15 is 0 Å². The summed E-state index contributed by atoms with van der Waals surface area (Å²) in [7, 11) is 0. The Balaban J connectivity index is 1.80. The minimum absolute atomic E-state index is 0.105. The van der Waals surface area contributed by atoms with Crippen molar-refractivity contribution >= 4 is 12.0 Å². The molecule has 2 rings (SSSR count). The lowest BCUT2D eigenvalue weighted by molar-refractivity contribution is -0.138. The highest BCUT2D eigenvalue weighted by Crippen LogP contribution is 2.21. The molecular formula is C13H20N2O3. The van der Waals surface area contributed by atoms with Crippen LogP contribution in [0.1, 0.15) is 25.7 Å². The number of aliphatic carboxylic acids is 1. The van der Waals surface area contributed by atoms with Crippen molar-refractivity contribution in [3.8, 4) is 0 Å². The van der Waals surface area contributed by atoms with Crippen molar-refractivity contribution in [1.29, 1.82) is 0 Å². The van der Waals surface area contributed by atoms with E-state index < -0.39 is 5.97 Å². The van der Waals surface area contributed by atoms with Gasteiger partial charge in [-0.05, 0) is 25.2 Å². The molecule has 0 saturated carbocycles. The lowest BCUT2D eigenvalue weighted by atomic mass is 9.94. The third kappa shape index (κ3) is 3.24. The summed E-state index contributed by atoms with van der Waals surface area (Å²) in [6.45, 7) is 2.88. The van der Waals surface area contributed by atoms with Crippen molar-refractivity contribution in [2.45, 2.75) is 25.7 Å². The fourth-order valence-corrected chi connectivity index (χ4v) is 2.59. The number of carbonyl (C=O) groups is 2. The van der Waals surface area contributed by atoms with Gasteiger partial charge in [0.25, 0.3) is 0 Å². The van der Waals surface area contributed by atoms with E-state index in [0.29, 0.717) is 19.6 Å². The Kier molecular flexibility index (Phi) is 4.23. The van der Waals surface area contributed by atoms with Gasteiger partial charge in [0.05, 0.1) is 0 Å². The molecule has 0 aromatic rings. The van der Waals surface area contributed by atoms with Gasteiger partial charge in [0.1, 0.15) is 0 Å². The first kappa shape index (κ1) is 12.9. The molecule has 2 aliphatic rings. The maximum atomic E-state index is 12.2.